The van der Waals surface area contributed by atoms with E-state index in [9.17, 15) is 9.18 Å². The average Bonchev–Trinajstić information content (AvgIpc) is 2.51. The maximum atomic E-state index is 13.8. The molecule has 0 saturated carbocycles. The fourth-order valence-corrected chi connectivity index (χ4v) is 2.92. The van der Waals surface area contributed by atoms with E-state index in [1.165, 1.54) is 0 Å². The number of carbonyl (C=O) groups is 1. The molecule has 21 heavy (non-hydrogen) atoms. The number of nitrogens with zero attached hydrogens (tertiary/aromatic N) is 2. The summed E-state index contributed by atoms with van der Waals surface area (Å²) in [5, 5.41) is 1.66. The Balaban J connectivity index is 1.77. The molecule has 1 heterocycles. The lowest BCUT2D eigenvalue weighted by molar-refractivity contribution is -0.130. The van der Waals surface area contributed by atoms with Crippen molar-refractivity contribution < 1.29 is 9.18 Å². The lowest BCUT2D eigenvalue weighted by atomic mass is 10.0. The zero-order chi connectivity index (χ0) is 14.8. The molecule has 0 N–H and O–H groups in total. The number of piperazine rings is 1. The fraction of sp³-hybridized carbons (Fsp3) is 0.353. The number of rotatable bonds is 2. The molecule has 1 aliphatic rings. The topological polar surface area (TPSA) is 23.6 Å². The SMILES string of the molecule is CC(=O)N1CCN(Cc2ccc(F)c3ccccc23)CC1. The summed E-state index contributed by atoms with van der Waals surface area (Å²) >= 11 is 0. The summed E-state index contributed by atoms with van der Waals surface area (Å²) < 4.78 is 13.8. The highest BCUT2D eigenvalue weighted by Crippen LogP contribution is 2.23. The van der Waals surface area contributed by atoms with E-state index < -0.39 is 0 Å². The number of carbonyl (C=O) groups excluding carboxylic acids is 1. The minimum absolute atomic E-state index is 0.141. The normalized spacial score (nSPS) is 16.4. The van der Waals surface area contributed by atoms with E-state index in [1.807, 2.05) is 35.2 Å². The molecule has 0 radical (unpaired) electrons. The molecule has 0 aromatic heterocycles. The van der Waals surface area contributed by atoms with Gasteiger partial charge in [0.2, 0.25) is 5.91 Å². The standard InChI is InChI=1S/C17H19FN2O/c1-13(21)20-10-8-19(9-11-20)12-14-6-7-17(18)16-5-3-2-4-15(14)16/h2-7H,8-12H2,1H3. The predicted molar refractivity (Wildman–Crippen MR) is 81.4 cm³/mol. The number of halogens is 1. The molecule has 1 fully saturated rings. The van der Waals surface area contributed by atoms with E-state index in [1.54, 1.807) is 13.0 Å². The molecule has 2 aromatic rings. The van der Waals surface area contributed by atoms with Crippen LogP contribution in [0.2, 0.25) is 0 Å². The highest BCUT2D eigenvalue weighted by atomic mass is 19.1. The summed E-state index contributed by atoms with van der Waals surface area (Å²) in [5.74, 6) is -0.0300. The van der Waals surface area contributed by atoms with Crippen LogP contribution in [0.5, 0.6) is 0 Å². The van der Waals surface area contributed by atoms with Crippen LogP contribution in [-0.2, 0) is 11.3 Å². The van der Waals surface area contributed by atoms with Crippen LogP contribution in [0.4, 0.5) is 4.39 Å². The molecule has 1 amide bonds. The van der Waals surface area contributed by atoms with Gasteiger partial charge < -0.3 is 4.90 Å². The number of hydrogen-bond acceptors (Lipinski definition) is 2. The molecule has 0 bridgehead atoms. The van der Waals surface area contributed by atoms with Gasteiger partial charge in [0.15, 0.2) is 0 Å². The summed E-state index contributed by atoms with van der Waals surface area (Å²) in [6.07, 6.45) is 0. The smallest absolute Gasteiger partial charge is 0.219 e. The molecule has 1 aliphatic heterocycles. The Morgan fingerprint density at radius 1 is 1.05 bits per heavy atom. The van der Waals surface area contributed by atoms with Crippen LogP contribution in [-0.4, -0.2) is 41.9 Å². The number of hydrogen-bond donors (Lipinski definition) is 0. The van der Waals surface area contributed by atoms with Crippen molar-refractivity contribution in [2.75, 3.05) is 26.2 Å². The summed E-state index contributed by atoms with van der Waals surface area (Å²) in [6, 6.07) is 11.0. The number of benzene rings is 2. The molecule has 0 unspecified atom stereocenters. The van der Waals surface area contributed by atoms with Gasteiger partial charge in [-0.1, -0.05) is 30.3 Å². The second-order valence-electron chi connectivity index (χ2n) is 5.53. The zero-order valence-corrected chi connectivity index (χ0v) is 12.2. The lowest BCUT2D eigenvalue weighted by Gasteiger charge is -2.34. The molecule has 0 aliphatic carbocycles. The van der Waals surface area contributed by atoms with Gasteiger partial charge >= 0.3 is 0 Å². The molecule has 2 aromatic carbocycles. The van der Waals surface area contributed by atoms with Gasteiger partial charge in [-0.3, -0.25) is 9.69 Å². The molecule has 0 atom stereocenters. The highest BCUT2D eigenvalue weighted by molar-refractivity contribution is 5.86. The second-order valence-corrected chi connectivity index (χ2v) is 5.53. The Morgan fingerprint density at radius 3 is 2.38 bits per heavy atom. The largest absolute Gasteiger partial charge is 0.340 e. The van der Waals surface area contributed by atoms with Gasteiger partial charge in [-0.2, -0.15) is 0 Å². The molecule has 3 rings (SSSR count). The Hall–Kier alpha value is -1.94. The first kappa shape index (κ1) is 14.0. The van der Waals surface area contributed by atoms with E-state index in [-0.39, 0.29) is 11.7 Å². The van der Waals surface area contributed by atoms with Gasteiger partial charge in [-0.05, 0) is 17.0 Å². The van der Waals surface area contributed by atoms with Crippen LogP contribution >= 0.6 is 0 Å². The third-order valence-electron chi connectivity index (χ3n) is 4.17. The van der Waals surface area contributed by atoms with Crippen molar-refractivity contribution in [3.63, 3.8) is 0 Å². The summed E-state index contributed by atoms with van der Waals surface area (Å²) in [7, 11) is 0. The number of amides is 1. The first-order chi connectivity index (χ1) is 10.1. The van der Waals surface area contributed by atoms with E-state index in [0.29, 0.717) is 5.39 Å². The molecule has 3 nitrogen and oxygen atoms in total. The van der Waals surface area contributed by atoms with Gasteiger partial charge in [0.1, 0.15) is 5.82 Å². The van der Waals surface area contributed by atoms with Crippen LogP contribution in [0.25, 0.3) is 10.8 Å². The van der Waals surface area contributed by atoms with Gasteiger partial charge in [-0.25, -0.2) is 4.39 Å². The van der Waals surface area contributed by atoms with Crippen molar-refractivity contribution in [1.82, 2.24) is 9.80 Å². The third-order valence-corrected chi connectivity index (χ3v) is 4.17. The minimum Gasteiger partial charge on any atom is -0.340 e. The van der Waals surface area contributed by atoms with E-state index in [2.05, 4.69) is 4.90 Å². The zero-order valence-electron chi connectivity index (χ0n) is 12.2. The van der Waals surface area contributed by atoms with Gasteiger partial charge in [0.05, 0.1) is 0 Å². The van der Waals surface area contributed by atoms with Crippen molar-refractivity contribution in [2.45, 2.75) is 13.5 Å². The molecule has 4 heteroatoms. The molecule has 0 spiro atoms. The second kappa shape index (κ2) is 5.82. The molecule has 1 saturated heterocycles. The summed E-state index contributed by atoms with van der Waals surface area (Å²) in [4.78, 5) is 15.5. The minimum atomic E-state index is -0.171. The van der Waals surface area contributed by atoms with Gasteiger partial charge in [0, 0.05) is 45.0 Å². The monoisotopic (exact) mass is 286 g/mol. The first-order valence-corrected chi connectivity index (χ1v) is 7.29. The van der Waals surface area contributed by atoms with Gasteiger partial charge in [-0.15, -0.1) is 0 Å². The first-order valence-electron chi connectivity index (χ1n) is 7.29. The predicted octanol–water partition coefficient (Wildman–Crippen LogP) is 2.64. The Kier molecular flexibility index (Phi) is 3.88. The van der Waals surface area contributed by atoms with Crippen molar-refractivity contribution in [1.29, 1.82) is 0 Å². The van der Waals surface area contributed by atoms with Crippen molar-refractivity contribution in [3.05, 3.63) is 47.8 Å². The maximum Gasteiger partial charge on any atom is 0.219 e. The molecule has 110 valence electrons. The van der Waals surface area contributed by atoms with Crippen molar-refractivity contribution in [2.24, 2.45) is 0 Å². The van der Waals surface area contributed by atoms with Crippen LogP contribution in [0.15, 0.2) is 36.4 Å². The van der Waals surface area contributed by atoms with Crippen molar-refractivity contribution in [3.8, 4) is 0 Å². The third kappa shape index (κ3) is 2.90. The Labute approximate surface area is 124 Å². The Bertz CT molecular complexity index is 663. The van der Waals surface area contributed by atoms with E-state index in [0.717, 1.165) is 43.7 Å². The summed E-state index contributed by atoms with van der Waals surface area (Å²) in [6.45, 7) is 5.69. The lowest BCUT2D eigenvalue weighted by Crippen LogP contribution is -2.47. The summed E-state index contributed by atoms with van der Waals surface area (Å²) in [5.41, 5.74) is 1.14. The fourth-order valence-electron chi connectivity index (χ4n) is 2.92. The average molecular weight is 286 g/mol. The van der Waals surface area contributed by atoms with Gasteiger partial charge in [0.25, 0.3) is 0 Å². The van der Waals surface area contributed by atoms with Crippen molar-refractivity contribution >= 4 is 16.7 Å². The quantitative estimate of drug-likeness (QED) is 0.847. The van der Waals surface area contributed by atoms with Crippen LogP contribution in [0, 0.1) is 5.82 Å². The van der Waals surface area contributed by atoms with Crippen LogP contribution in [0.3, 0.4) is 0 Å². The van der Waals surface area contributed by atoms with Crippen LogP contribution < -0.4 is 0 Å². The van der Waals surface area contributed by atoms with E-state index >= 15 is 0 Å². The molecular weight excluding hydrogens is 267 g/mol. The van der Waals surface area contributed by atoms with Crippen LogP contribution in [0.1, 0.15) is 12.5 Å². The molecular formula is C17H19FN2O. The maximum absolute atomic E-state index is 13.8. The highest BCUT2D eigenvalue weighted by Gasteiger charge is 2.19. The number of fused-ring (bicyclic) bond motifs is 1. The Morgan fingerprint density at radius 2 is 1.71 bits per heavy atom. The van der Waals surface area contributed by atoms with E-state index in [4.69, 9.17) is 0 Å².